The summed E-state index contributed by atoms with van der Waals surface area (Å²) >= 11 is 0. The van der Waals surface area contributed by atoms with Crippen LogP contribution < -0.4 is 5.32 Å². The smallest absolute Gasteiger partial charge is 0.245 e. The number of nitrogens with zero attached hydrogens (tertiary/aromatic N) is 3. The Balaban J connectivity index is 1.86. The Morgan fingerprint density at radius 3 is 2.33 bits per heavy atom. The Morgan fingerprint density at radius 1 is 1.03 bits per heavy atom. The van der Waals surface area contributed by atoms with Gasteiger partial charge in [0.1, 0.15) is 5.82 Å². The first-order valence-electron chi connectivity index (χ1n) is 13.1. The molecule has 192 valence electrons. The Kier molecular flexibility index (Phi) is 9.86. The van der Waals surface area contributed by atoms with E-state index in [1.165, 1.54) is 0 Å². The zero-order valence-electron chi connectivity index (χ0n) is 22.3. The summed E-state index contributed by atoms with van der Waals surface area (Å²) in [6.45, 7) is 11.0. The lowest BCUT2D eigenvalue weighted by Crippen LogP contribution is -2.43. The van der Waals surface area contributed by atoms with Crippen molar-refractivity contribution in [2.45, 2.75) is 60.3 Å². The third-order valence-corrected chi connectivity index (χ3v) is 6.30. The highest BCUT2D eigenvalue weighted by Gasteiger charge is 2.25. The number of hydrogen-bond acceptors (Lipinski definition) is 3. The first-order valence-corrected chi connectivity index (χ1v) is 13.1. The fraction of sp³-hybridized carbons (Fsp3) is 0.433. The highest BCUT2D eigenvalue weighted by Crippen LogP contribution is 2.25. The first-order chi connectivity index (χ1) is 17.3. The maximum atomic E-state index is 13.3. The van der Waals surface area contributed by atoms with E-state index < -0.39 is 0 Å². The zero-order valence-corrected chi connectivity index (χ0v) is 22.3. The van der Waals surface area contributed by atoms with Gasteiger partial charge in [-0.15, -0.1) is 0 Å². The molecule has 0 aliphatic rings. The molecular formula is C30H40N4O2. The molecule has 0 aliphatic heterocycles. The fourth-order valence-corrected chi connectivity index (χ4v) is 4.34. The molecule has 1 heterocycles. The number of hydrogen-bond donors (Lipinski definition) is 1. The standard InChI is InChI=1S/C30H40N4O2/c1-6-8-12-24(7-2)30(36)33(20-22(3)4)21-29(35)31-28-19-27(25-13-10-9-11-14-25)32-34(28)26-17-15-23(5)16-18-26/h9-11,13-19,22,24H,6-8,12,20-21H2,1-5H3,(H,31,35). The van der Waals surface area contributed by atoms with Gasteiger partial charge in [-0.05, 0) is 37.8 Å². The van der Waals surface area contributed by atoms with Crippen molar-refractivity contribution in [3.05, 3.63) is 66.2 Å². The summed E-state index contributed by atoms with van der Waals surface area (Å²) in [6, 6.07) is 19.8. The number of aromatic nitrogens is 2. The minimum absolute atomic E-state index is 0.0272. The lowest BCUT2D eigenvalue weighted by Gasteiger charge is -2.28. The van der Waals surface area contributed by atoms with Crippen molar-refractivity contribution < 1.29 is 9.59 Å². The second-order valence-electron chi connectivity index (χ2n) is 9.94. The molecule has 36 heavy (non-hydrogen) atoms. The third kappa shape index (κ3) is 7.30. The predicted octanol–water partition coefficient (Wildman–Crippen LogP) is 6.49. The van der Waals surface area contributed by atoms with E-state index in [0.29, 0.717) is 12.4 Å². The van der Waals surface area contributed by atoms with Gasteiger partial charge in [0.25, 0.3) is 0 Å². The average Bonchev–Trinajstić information content (AvgIpc) is 3.28. The minimum Gasteiger partial charge on any atom is -0.333 e. The maximum absolute atomic E-state index is 13.3. The molecule has 0 fully saturated rings. The molecule has 0 saturated heterocycles. The largest absolute Gasteiger partial charge is 0.333 e. The van der Waals surface area contributed by atoms with Crippen molar-refractivity contribution in [2.75, 3.05) is 18.4 Å². The number of rotatable bonds is 12. The van der Waals surface area contributed by atoms with Gasteiger partial charge in [-0.25, -0.2) is 4.68 Å². The molecule has 6 heteroatoms. The van der Waals surface area contributed by atoms with E-state index in [0.717, 1.165) is 48.2 Å². The lowest BCUT2D eigenvalue weighted by atomic mass is 9.97. The van der Waals surface area contributed by atoms with Crippen molar-refractivity contribution in [2.24, 2.45) is 11.8 Å². The molecule has 3 aromatic rings. The van der Waals surface area contributed by atoms with Gasteiger partial charge in [-0.1, -0.05) is 88.6 Å². The van der Waals surface area contributed by atoms with Crippen molar-refractivity contribution in [3.63, 3.8) is 0 Å². The van der Waals surface area contributed by atoms with E-state index in [2.05, 4.69) is 33.0 Å². The lowest BCUT2D eigenvalue weighted by molar-refractivity contribution is -0.139. The minimum atomic E-state index is -0.220. The SMILES string of the molecule is CCCCC(CC)C(=O)N(CC(=O)Nc1cc(-c2ccccc2)nn1-c1ccc(C)cc1)CC(C)C. The van der Waals surface area contributed by atoms with Crippen LogP contribution in [0.1, 0.15) is 58.9 Å². The van der Waals surface area contributed by atoms with Gasteiger partial charge in [-0.3, -0.25) is 9.59 Å². The molecular weight excluding hydrogens is 448 g/mol. The van der Waals surface area contributed by atoms with Crippen molar-refractivity contribution in [1.82, 2.24) is 14.7 Å². The van der Waals surface area contributed by atoms with Gasteiger partial charge in [0, 0.05) is 24.1 Å². The average molecular weight is 489 g/mol. The predicted molar refractivity (Wildman–Crippen MR) is 147 cm³/mol. The number of amides is 2. The number of carbonyl (C=O) groups is 2. The number of unbranched alkanes of at least 4 members (excludes halogenated alkanes) is 1. The van der Waals surface area contributed by atoms with Gasteiger partial charge in [0.15, 0.2) is 0 Å². The molecule has 0 radical (unpaired) electrons. The van der Waals surface area contributed by atoms with Crippen molar-refractivity contribution in [3.8, 4) is 16.9 Å². The molecule has 2 aromatic carbocycles. The van der Waals surface area contributed by atoms with Gasteiger partial charge >= 0.3 is 0 Å². The molecule has 0 saturated carbocycles. The summed E-state index contributed by atoms with van der Waals surface area (Å²) < 4.78 is 1.75. The fourth-order valence-electron chi connectivity index (χ4n) is 4.34. The van der Waals surface area contributed by atoms with E-state index in [1.807, 2.05) is 67.6 Å². The van der Waals surface area contributed by atoms with Crippen LogP contribution in [0.15, 0.2) is 60.7 Å². The molecule has 1 atom stereocenters. The van der Waals surface area contributed by atoms with Gasteiger partial charge in [-0.2, -0.15) is 5.10 Å². The third-order valence-electron chi connectivity index (χ3n) is 6.30. The Labute approximate surface area is 215 Å². The summed E-state index contributed by atoms with van der Waals surface area (Å²) in [5.41, 5.74) is 3.75. The van der Waals surface area contributed by atoms with Gasteiger partial charge < -0.3 is 10.2 Å². The van der Waals surface area contributed by atoms with E-state index in [-0.39, 0.29) is 30.2 Å². The van der Waals surface area contributed by atoms with Crippen molar-refractivity contribution >= 4 is 17.6 Å². The summed E-state index contributed by atoms with van der Waals surface area (Å²) in [4.78, 5) is 28.3. The summed E-state index contributed by atoms with van der Waals surface area (Å²) in [5.74, 6) is 0.666. The molecule has 0 aliphatic carbocycles. The molecule has 6 nitrogen and oxygen atoms in total. The number of anilines is 1. The van der Waals surface area contributed by atoms with Crippen LogP contribution in [0.5, 0.6) is 0 Å². The zero-order chi connectivity index (χ0) is 26.1. The van der Waals surface area contributed by atoms with Gasteiger partial charge in [0.05, 0.1) is 17.9 Å². The Morgan fingerprint density at radius 2 is 1.72 bits per heavy atom. The van der Waals surface area contributed by atoms with E-state index in [1.54, 1.807) is 9.58 Å². The summed E-state index contributed by atoms with van der Waals surface area (Å²) in [5, 5.41) is 7.83. The van der Waals surface area contributed by atoms with Crippen LogP contribution in [0.25, 0.3) is 16.9 Å². The van der Waals surface area contributed by atoms with Crippen LogP contribution in [-0.4, -0.2) is 39.6 Å². The highest BCUT2D eigenvalue weighted by atomic mass is 16.2. The summed E-state index contributed by atoms with van der Waals surface area (Å²) in [7, 11) is 0. The normalized spacial score (nSPS) is 11.9. The number of benzene rings is 2. The first kappa shape index (κ1) is 27.2. The molecule has 1 aromatic heterocycles. The topological polar surface area (TPSA) is 67.2 Å². The van der Waals surface area contributed by atoms with Crippen molar-refractivity contribution in [1.29, 1.82) is 0 Å². The molecule has 3 rings (SSSR count). The van der Waals surface area contributed by atoms with E-state index in [4.69, 9.17) is 5.10 Å². The molecule has 0 bridgehead atoms. The van der Waals surface area contributed by atoms with Crippen LogP contribution in [-0.2, 0) is 9.59 Å². The Bertz CT molecular complexity index is 1120. The molecule has 1 N–H and O–H groups in total. The quantitative estimate of drug-likeness (QED) is 0.317. The van der Waals surface area contributed by atoms with E-state index >= 15 is 0 Å². The monoisotopic (exact) mass is 488 g/mol. The second-order valence-corrected chi connectivity index (χ2v) is 9.94. The van der Waals surface area contributed by atoms with Crippen LogP contribution >= 0.6 is 0 Å². The van der Waals surface area contributed by atoms with Crippen LogP contribution in [0.3, 0.4) is 0 Å². The number of nitrogens with one attached hydrogen (secondary N) is 1. The van der Waals surface area contributed by atoms with E-state index in [9.17, 15) is 9.59 Å². The van der Waals surface area contributed by atoms with Crippen LogP contribution in [0.4, 0.5) is 5.82 Å². The number of aryl methyl sites for hydroxylation is 1. The highest BCUT2D eigenvalue weighted by molar-refractivity contribution is 5.95. The summed E-state index contributed by atoms with van der Waals surface area (Å²) in [6.07, 6.45) is 3.73. The second kappa shape index (κ2) is 13.1. The Hall–Kier alpha value is -3.41. The van der Waals surface area contributed by atoms with Gasteiger partial charge in [0.2, 0.25) is 11.8 Å². The molecule has 2 amide bonds. The number of carbonyl (C=O) groups excluding carboxylic acids is 2. The van der Waals surface area contributed by atoms with Crippen LogP contribution in [0, 0.1) is 18.8 Å². The molecule has 0 spiro atoms. The maximum Gasteiger partial charge on any atom is 0.245 e. The van der Waals surface area contributed by atoms with Crippen LogP contribution in [0.2, 0.25) is 0 Å². The molecule has 1 unspecified atom stereocenters.